The smallest absolute Gasteiger partial charge is 0.333 e. The maximum atomic E-state index is 11.3. The first-order valence-electron chi connectivity index (χ1n) is 7.71. The minimum absolute atomic E-state index is 0.182. The van der Waals surface area contributed by atoms with Crippen molar-refractivity contribution >= 4 is 5.97 Å². The second kappa shape index (κ2) is 8.59. The molecule has 0 spiro atoms. The SMILES string of the molecule is C=C(C)C(=O)OC[C@@H](C)Oc1ccc(C#Cc2ccccc2)cc1. The zero-order valence-electron chi connectivity index (χ0n) is 13.9. The standard InChI is InChI=1S/C21H20O3/c1-16(2)21(22)23-15-17(3)24-20-13-11-19(12-14-20)10-9-18-7-5-4-6-8-18/h4-8,11-14,17H,1,15H2,2-3H3/t17-/m1/s1. The monoisotopic (exact) mass is 320 g/mol. The Hall–Kier alpha value is -2.99. The van der Waals surface area contributed by atoms with Gasteiger partial charge in [-0.2, -0.15) is 0 Å². The van der Waals surface area contributed by atoms with Crippen molar-refractivity contribution in [3.8, 4) is 17.6 Å². The molecule has 0 saturated carbocycles. The second-order valence-corrected chi connectivity index (χ2v) is 5.45. The summed E-state index contributed by atoms with van der Waals surface area (Å²) in [6.07, 6.45) is -0.241. The maximum Gasteiger partial charge on any atom is 0.333 e. The molecular formula is C21H20O3. The van der Waals surface area contributed by atoms with Gasteiger partial charge in [0, 0.05) is 16.7 Å². The average molecular weight is 320 g/mol. The third-order valence-corrected chi connectivity index (χ3v) is 3.11. The Morgan fingerprint density at radius 3 is 2.21 bits per heavy atom. The van der Waals surface area contributed by atoms with Crippen molar-refractivity contribution in [2.24, 2.45) is 0 Å². The molecule has 122 valence electrons. The fourth-order valence-corrected chi connectivity index (χ4v) is 1.87. The highest BCUT2D eigenvalue weighted by molar-refractivity contribution is 5.86. The Morgan fingerprint density at radius 1 is 1.04 bits per heavy atom. The van der Waals surface area contributed by atoms with E-state index >= 15 is 0 Å². The van der Waals surface area contributed by atoms with Gasteiger partial charge in [0.2, 0.25) is 0 Å². The molecule has 0 heterocycles. The summed E-state index contributed by atoms with van der Waals surface area (Å²) in [5.41, 5.74) is 2.27. The lowest BCUT2D eigenvalue weighted by molar-refractivity contribution is -0.141. The van der Waals surface area contributed by atoms with Crippen molar-refractivity contribution < 1.29 is 14.3 Å². The molecule has 3 heteroatoms. The molecule has 0 N–H and O–H groups in total. The van der Waals surface area contributed by atoms with Gasteiger partial charge in [-0.15, -0.1) is 0 Å². The molecule has 0 bridgehead atoms. The van der Waals surface area contributed by atoms with Crippen LogP contribution in [0, 0.1) is 11.8 Å². The predicted octanol–water partition coefficient (Wildman–Crippen LogP) is 3.97. The van der Waals surface area contributed by atoms with Crippen molar-refractivity contribution in [1.29, 1.82) is 0 Å². The highest BCUT2D eigenvalue weighted by atomic mass is 16.6. The molecule has 2 aromatic carbocycles. The molecule has 2 aromatic rings. The van der Waals surface area contributed by atoms with Gasteiger partial charge in [-0.1, -0.05) is 36.6 Å². The van der Waals surface area contributed by atoms with Crippen molar-refractivity contribution in [1.82, 2.24) is 0 Å². The van der Waals surface area contributed by atoms with Crippen LogP contribution in [0.1, 0.15) is 25.0 Å². The lowest BCUT2D eigenvalue weighted by Crippen LogP contribution is -2.21. The van der Waals surface area contributed by atoms with Gasteiger partial charge < -0.3 is 9.47 Å². The van der Waals surface area contributed by atoms with Crippen molar-refractivity contribution in [3.63, 3.8) is 0 Å². The van der Waals surface area contributed by atoms with Crippen molar-refractivity contribution in [2.75, 3.05) is 6.61 Å². The van der Waals surface area contributed by atoms with Crippen LogP contribution in [0.3, 0.4) is 0 Å². The minimum Gasteiger partial charge on any atom is -0.487 e. The largest absolute Gasteiger partial charge is 0.487 e. The molecule has 0 amide bonds. The molecule has 0 unspecified atom stereocenters. The summed E-state index contributed by atoms with van der Waals surface area (Å²) in [7, 11) is 0. The van der Waals surface area contributed by atoms with E-state index in [1.54, 1.807) is 6.92 Å². The molecule has 24 heavy (non-hydrogen) atoms. The van der Waals surface area contributed by atoms with Crippen LogP contribution in [0.5, 0.6) is 5.75 Å². The Kier molecular flexibility index (Phi) is 6.22. The van der Waals surface area contributed by atoms with E-state index in [-0.39, 0.29) is 12.7 Å². The third-order valence-electron chi connectivity index (χ3n) is 3.11. The molecular weight excluding hydrogens is 300 g/mol. The Bertz CT molecular complexity index is 749. The van der Waals surface area contributed by atoms with Gasteiger partial charge in [-0.25, -0.2) is 4.79 Å². The first-order valence-corrected chi connectivity index (χ1v) is 7.71. The van der Waals surface area contributed by atoms with E-state index in [0.717, 1.165) is 11.1 Å². The summed E-state index contributed by atoms with van der Waals surface area (Å²) in [4.78, 5) is 11.3. The Labute approximate surface area is 142 Å². The lowest BCUT2D eigenvalue weighted by atomic mass is 10.2. The van der Waals surface area contributed by atoms with Crippen LogP contribution in [0.4, 0.5) is 0 Å². The molecule has 3 nitrogen and oxygen atoms in total. The Balaban J connectivity index is 1.89. The van der Waals surface area contributed by atoms with E-state index in [9.17, 15) is 4.79 Å². The first kappa shape index (κ1) is 17.4. The molecule has 0 saturated heterocycles. The first-order chi connectivity index (χ1) is 11.5. The van der Waals surface area contributed by atoms with Crippen LogP contribution in [0.25, 0.3) is 0 Å². The van der Waals surface area contributed by atoms with E-state index in [1.165, 1.54) is 0 Å². The number of carbonyl (C=O) groups is 1. The van der Waals surface area contributed by atoms with E-state index in [2.05, 4.69) is 18.4 Å². The van der Waals surface area contributed by atoms with Gasteiger partial charge >= 0.3 is 5.97 Å². The van der Waals surface area contributed by atoms with Gasteiger partial charge in [-0.3, -0.25) is 0 Å². The van der Waals surface area contributed by atoms with Crippen LogP contribution >= 0.6 is 0 Å². The number of esters is 1. The van der Waals surface area contributed by atoms with E-state index in [1.807, 2.05) is 61.5 Å². The zero-order chi connectivity index (χ0) is 17.4. The van der Waals surface area contributed by atoms with Crippen LogP contribution in [0.2, 0.25) is 0 Å². The van der Waals surface area contributed by atoms with Gasteiger partial charge in [0.25, 0.3) is 0 Å². The van der Waals surface area contributed by atoms with Crippen molar-refractivity contribution in [2.45, 2.75) is 20.0 Å². The number of carbonyl (C=O) groups excluding carboxylic acids is 1. The third kappa shape index (κ3) is 5.66. The van der Waals surface area contributed by atoms with Gasteiger partial charge in [0.15, 0.2) is 0 Å². The number of hydrogen-bond donors (Lipinski definition) is 0. The topological polar surface area (TPSA) is 35.5 Å². The molecule has 0 aliphatic carbocycles. The maximum absolute atomic E-state index is 11.3. The fraction of sp³-hybridized carbons (Fsp3) is 0.190. The molecule has 1 atom stereocenters. The second-order valence-electron chi connectivity index (χ2n) is 5.45. The molecule has 0 fully saturated rings. The van der Waals surface area contributed by atoms with E-state index < -0.39 is 5.97 Å². The summed E-state index contributed by atoms with van der Waals surface area (Å²) in [5, 5.41) is 0. The molecule has 0 aliphatic heterocycles. The summed E-state index contributed by atoms with van der Waals surface area (Å²) < 4.78 is 10.8. The molecule has 0 aromatic heterocycles. The zero-order valence-corrected chi connectivity index (χ0v) is 13.9. The number of ether oxygens (including phenoxy) is 2. The van der Waals surface area contributed by atoms with Crippen LogP contribution in [0.15, 0.2) is 66.7 Å². The van der Waals surface area contributed by atoms with Crippen LogP contribution in [-0.2, 0) is 9.53 Å². The fourth-order valence-electron chi connectivity index (χ4n) is 1.87. The number of rotatable bonds is 5. The molecule has 0 radical (unpaired) electrons. The summed E-state index contributed by atoms with van der Waals surface area (Å²) in [6, 6.07) is 17.3. The predicted molar refractivity (Wildman–Crippen MR) is 94.7 cm³/mol. The normalized spacial score (nSPS) is 10.9. The molecule has 0 aliphatic rings. The summed E-state index contributed by atoms with van der Waals surface area (Å²) >= 11 is 0. The quantitative estimate of drug-likeness (QED) is 0.475. The van der Waals surface area contributed by atoms with E-state index in [4.69, 9.17) is 9.47 Å². The number of hydrogen-bond acceptors (Lipinski definition) is 3. The van der Waals surface area contributed by atoms with Gasteiger partial charge in [0.1, 0.15) is 18.5 Å². The highest BCUT2D eigenvalue weighted by Crippen LogP contribution is 2.14. The van der Waals surface area contributed by atoms with Crippen LogP contribution < -0.4 is 4.74 Å². The van der Waals surface area contributed by atoms with Crippen molar-refractivity contribution in [3.05, 3.63) is 77.9 Å². The highest BCUT2D eigenvalue weighted by Gasteiger charge is 2.09. The Morgan fingerprint density at radius 2 is 1.62 bits per heavy atom. The minimum atomic E-state index is -0.406. The summed E-state index contributed by atoms with van der Waals surface area (Å²) in [6.45, 7) is 7.18. The van der Waals surface area contributed by atoms with Crippen LogP contribution in [-0.4, -0.2) is 18.7 Å². The van der Waals surface area contributed by atoms with E-state index in [0.29, 0.717) is 11.3 Å². The van der Waals surface area contributed by atoms with Gasteiger partial charge in [-0.05, 0) is 50.2 Å². The molecule has 2 rings (SSSR count). The summed E-state index contributed by atoms with van der Waals surface area (Å²) in [5.74, 6) is 6.52. The van der Waals surface area contributed by atoms with Gasteiger partial charge in [0.05, 0.1) is 0 Å². The number of benzene rings is 2. The average Bonchev–Trinajstić information content (AvgIpc) is 2.60. The lowest BCUT2D eigenvalue weighted by Gasteiger charge is -2.14.